The van der Waals surface area contributed by atoms with Crippen molar-refractivity contribution in [1.29, 1.82) is 0 Å². The van der Waals surface area contributed by atoms with Gasteiger partial charge in [0.1, 0.15) is 23.0 Å². The zero-order valence-electron chi connectivity index (χ0n) is 22.2. The van der Waals surface area contributed by atoms with E-state index >= 15 is 0 Å². The zero-order chi connectivity index (χ0) is 27.1. The molecule has 0 saturated carbocycles. The number of aryl methyl sites for hydroxylation is 1. The number of aliphatic carboxylic acids is 1. The first-order chi connectivity index (χ1) is 18.5. The van der Waals surface area contributed by atoms with Crippen LogP contribution >= 0.6 is 11.3 Å². The lowest BCUT2D eigenvalue weighted by Crippen LogP contribution is -2.31. The van der Waals surface area contributed by atoms with E-state index in [0.29, 0.717) is 43.4 Å². The average Bonchev–Trinajstić information content (AvgIpc) is 3.35. The number of hydrogen-bond donors (Lipinski definition) is 2. The van der Waals surface area contributed by atoms with E-state index in [1.807, 2.05) is 29.6 Å². The second-order valence-electron chi connectivity index (χ2n) is 9.26. The Morgan fingerprint density at radius 1 is 1.11 bits per heavy atom. The van der Waals surface area contributed by atoms with Gasteiger partial charge in [0.15, 0.2) is 11.2 Å². The first-order valence-corrected chi connectivity index (χ1v) is 14.1. The second-order valence-corrected chi connectivity index (χ2v) is 10.1. The molecule has 0 spiro atoms. The molecule has 9 heteroatoms. The maximum absolute atomic E-state index is 11.5. The minimum atomic E-state index is -0.926. The monoisotopic (exact) mass is 540 g/mol. The molecule has 0 bridgehead atoms. The Morgan fingerprint density at radius 2 is 1.79 bits per heavy atom. The third kappa shape index (κ3) is 6.15. The number of thiazole rings is 1. The number of nitrogens with zero attached hydrogens (tertiary/aromatic N) is 1. The lowest BCUT2D eigenvalue weighted by molar-refractivity contribution is -0.145. The Labute approximate surface area is 227 Å². The normalized spacial score (nSPS) is 14.4. The third-order valence-corrected chi connectivity index (χ3v) is 7.21. The zero-order valence-corrected chi connectivity index (χ0v) is 23.1. The Balaban J connectivity index is 1.42. The number of carboxylic acids is 1. The van der Waals surface area contributed by atoms with Crippen molar-refractivity contribution >= 4 is 22.4 Å². The highest BCUT2D eigenvalue weighted by Gasteiger charge is 2.28. The Hall–Kier alpha value is -3.46. The van der Waals surface area contributed by atoms with E-state index in [0.717, 1.165) is 70.9 Å². The minimum absolute atomic E-state index is 0.467. The van der Waals surface area contributed by atoms with Gasteiger partial charge in [0.05, 0.1) is 26.0 Å². The molecule has 1 unspecified atom stereocenters. The number of carboxylic acid groups (broad SMARTS) is 1. The van der Waals surface area contributed by atoms with Crippen molar-refractivity contribution in [3.63, 3.8) is 0 Å². The first-order valence-electron chi connectivity index (χ1n) is 13.2. The van der Waals surface area contributed by atoms with E-state index in [2.05, 4.69) is 18.8 Å². The van der Waals surface area contributed by atoms with Crippen LogP contribution in [0.4, 0.5) is 5.13 Å². The van der Waals surface area contributed by atoms with Gasteiger partial charge in [0.2, 0.25) is 0 Å². The fourth-order valence-corrected chi connectivity index (χ4v) is 5.35. The van der Waals surface area contributed by atoms with Crippen LogP contribution in [-0.4, -0.2) is 42.5 Å². The van der Waals surface area contributed by atoms with Crippen molar-refractivity contribution in [2.45, 2.75) is 64.9 Å². The summed E-state index contributed by atoms with van der Waals surface area (Å²) in [5, 5.41) is 11.9. The van der Waals surface area contributed by atoms with Crippen LogP contribution in [0.15, 0.2) is 29.6 Å². The predicted molar refractivity (Wildman–Crippen MR) is 149 cm³/mol. The minimum Gasteiger partial charge on any atom is -0.496 e. The number of hydrogen-bond acceptors (Lipinski definition) is 8. The highest BCUT2D eigenvalue weighted by Crippen LogP contribution is 2.40. The fourth-order valence-electron chi connectivity index (χ4n) is 4.79. The molecular weight excluding hydrogens is 504 g/mol. The number of nitrogen functional groups attached to an aromatic ring is 1. The number of carbonyl (C=O) groups is 1. The molecule has 1 aliphatic rings. The van der Waals surface area contributed by atoms with Crippen LogP contribution < -0.4 is 24.7 Å². The maximum atomic E-state index is 11.5. The smallest absolute Gasteiger partial charge is 0.344 e. The van der Waals surface area contributed by atoms with E-state index in [9.17, 15) is 9.90 Å². The quantitative estimate of drug-likeness (QED) is 0.256. The summed E-state index contributed by atoms with van der Waals surface area (Å²) >= 11 is 1.40. The highest BCUT2D eigenvalue weighted by atomic mass is 32.1. The number of methoxy groups -OCH3 is 1. The van der Waals surface area contributed by atoms with Gasteiger partial charge in [-0.3, -0.25) is 0 Å². The Morgan fingerprint density at radius 3 is 2.42 bits per heavy atom. The molecule has 0 aliphatic carbocycles. The van der Waals surface area contributed by atoms with Crippen LogP contribution in [0.3, 0.4) is 0 Å². The predicted octanol–water partition coefficient (Wildman–Crippen LogP) is 5.93. The molecular formula is C29H36N2O6S. The van der Waals surface area contributed by atoms with E-state index in [1.54, 1.807) is 7.11 Å². The molecule has 1 aromatic heterocycles. The number of anilines is 1. The Kier molecular flexibility index (Phi) is 9.33. The van der Waals surface area contributed by atoms with E-state index in [-0.39, 0.29) is 0 Å². The lowest BCUT2D eigenvalue weighted by atomic mass is 9.96. The summed E-state index contributed by atoms with van der Waals surface area (Å²) in [6, 6.07) is 7.90. The van der Waals surface area contributed by atoms with E-state index < -0.39 is 12.1 Å². The summed E-state index contributed by atoms with van der Waals surface area (Å²) in [6.07, 6.45) is 4.47. The van der Waals surface area contributed by atoms with Crippen molar-refractivity contribution < 1.29 is 28.8 Å². The Bertz CT molecular complexity index is 1260. The van der Waals surface area contributed by atoms with E-state index in [4.69, 9.17) is 24.7 Å². The van der Waals surface area contributed by atoms with Crippen molar-refractivity contribution in [1.82, 2.24) is 4.98 Å². The molecule has 4 rings (SSSR count). The fraction of sp³-hybridized carbons (Fsp3) is 0.448. The van der Waals surface area contributed by atoms with Crippen LogP contribution in [0.5, 0.6) is 23.0 Å². The molecule has 1 atom stereocenters. The van der Waals surface area contributed by atoms with Crippen LogP contribution in [-0.2, 0) is 24.1 Å². The molecule has 2 aromatic carbocycles. The third-order valence-electron chi connectivity index (χ3n) is 6.53. The van der Waals surface area contributed by atoms with Gasteiger partial charge < -0.3 is 29.8 Å². The molecule has 0 radical (unpaired) electrons. The largest absolute Gasteiger partial charge is 0.496 e. The van der Waals surface area contributed by atoms with Gasteiger partial charge in [-0.25, -0.2) is 9.78 Å². The number of benzene rings is 2. The topological polar surface area (TPSA) is 113 Å². The van der Waals surface area contributed by atoms with Crippen LogP contribution in [0.2, 0.25) is 0 Å². The SMILES string of the molecule is CCCc1c(OCCCOc2ccc(-c3csc(N)n3)c(OC)c2CCC)ccc2c1OC(C(=O)O)CC2. The van der Waals surface area contributed by atoms with Crippen LogP contribution in [0.25, 0.3) is 11.3 Å². The van der Waals surface area contributed by atoms with Crippen molar-refractivity contribution in [2.24, 2.45) is 0 Å². The van der Waals surface area contributed by atoms with Crippen LogP contribution in [0.1, 0.15) is 56.2 Å². The summed E-state index contributed by atoms with van der Waals surface area (Å²) in [6.45, 7) is 5.16. The van der Waals surface area contributed by atoms with Crippen molar-refractivity contribution in [3.05, 3.63) is 46.3 Å². The number of nitrogens with two attached hydrogens (primary N) is 1. The van der Waals surface area contributed by atoms with Gasteiger partial charge in [-0.2, -0.15) is 0 Å². The summed E-state index contributed by atoms with van der Waals surface area (Å²) < 4.78 is 24.0. The lowest BCUT2D eigenvalue weighted by Gasteiger charge is -2.26. The molecule has 3 N–H and O–H groups in total. The van der Waals surface area contributed by atoms with Gasteiger partial charge in [-0.15, -0.1) is 11.3 Å². The summed E-state index contributed by atoms with van der Waals surface area (Å²) in [5.41, 5.74) is 10.6. The molecule has 38 heavy (non-hydrogen) atoms. The highest BCUT2D eigenvalue weighted by molar-refractivity contribution is 7.13. The molecule has 8 nitrogen and oxygen atoms in total. The van der Waals surface area contributed by atoms with E-state index in [1.165, 1.54) is 11.3 Å². The second kappa shape index (κ2) is 12.9. The molecule has 0 amide bonds. The van der Waals surface area contributed by atoms with Crippen LogP contribution in [0, 0.1) is 0 Å². The van der Waals surface area contributed by atoms with Gasteiger partial charge in [-0.1, -0.05) is 32.8 Å². The number of fused-ring (bicyclic) bond motifs is 1. The van der Waals surface area contributed by atoms with Gasteiger partial charge in [-0.05, 0) is 49.4 Å². The molecule has 204 valence electrons. The van der Waals surface area contributed by atoms with Crippen molar-refractivity contribution in [2.75, 3.05) is 26.1 Å². The first kappa shape index (κ1) is 27.6. The van der Waals surface area contributed by atoms with Crippen molar-refractivity contribution in [3.8, 4) is 34.3 Å². The number of ether oxygens (including phenoxy) is 4. The summed E-state index contributed by atoms with van der Waals surface area (Å²) in [5.74, 6) is 2.06. The molecule has 3 aromatic rings. The average molecular weight is 541 g/mol. The number of aromatic nitrogens is 1. The van der Waals surface area contributed by atoms with Gasteiger partial charge >= 0.3 is 5.97 Å². The van der Waals surface area contributed by atoms with Gasteiger partial charge in [0, 0.05) is 28.5 Å². The molecule has 0 saturated heterocycles. The molecule has 2 heterocycles. The molecule has 1 aliphatic heterocycles. The summed E-state index contributed by atoms with van der Waals surface area (Å²) in [4.78, 5) is 15.9. The van der Waals surface area contributed by atoms with Gasteiger partial charge in [0.25, 0.3) is 0 Å². The number of rotatable bonds is 13. The maximum Gasteiger partial charge on any atom is 0.344 e. The molecule has 0 fully saturated rings. The summed E-state index contributed by atoms with van der Waals surface area (Å²) in [7, 11) is 1.67. The standard InChI is InChI=1S/C29H36N2O6S/c1-4-7-20-23(12-9-18-10-13-25(28(32)33)37-26(18)20)35-15-6-16-36-24-14-11-19(22-17-38-29(30)31-22)27(34-3)21(24)8-5-2/h9,11-12,14,17,25H,4-8,10,13,15-16H2,1-3H3,(H2,30,31)(H,32,33).